The smallest absolute Gasteiger partial charge is 0.325 e. The van der Waals surface area contributed by atoms with Gasteiger partial charge in [-0.25, -0.2) is 4.98 Å². The van der Waals surface area contributed by atoms with Gasteiger partial charge in [-0.3, -0.25) is 9.59 Å². The summed E-state index contributed by atoms with van der Waals surface area (Å²) in [6, 6.07) is -0.905. The number of aromatic nitrogens is 1. The number of rotatable bonds is 3. The van der Waals surface area contributed by atoms with Gasteiger partial charge in [0.1, 0.15) is 10.9 Å². The number of thiazole rings is 1. The second kappa shape index (κ2) is 4.83. The molecular weight excluding hydrogens is 240 g/mol. The molecule has 0 saturated carbocycles. The van der Waals surface area contributed by atoms with Gasteiger partial charge in [0.05, 0.1) is 11.2 Å². The number of carboxylic acid groups (broad SMARTS) is 1. The van der Waals surface area contributed by atoms with Crippen LogP contribution in [0.1, 0.15) is 43.1 Å². The molecule has 1 aromatic heterocycles. The molecule has 0 unspecified atom stereocenters. The number of carbonyl (C=O) groups is 2. The second-order valence-electron chi connectivity index (χ2n) is 4.81. The van der Waals surface area contributed by atoms with Crippen LogP contribution in [0.5, 0.6) is 0 Å². The van der Waals surface area contributed by atoms with Crippen LogP contribution in [0.4, 0.5) is 0 Å². The molecule has 6 heteroatoms. The molecular formula is C11H16N2O3S. The van der Waals surface area contributed by atoms with Crippen LogP contribution in [-0.4, -0.2) is 28.0 Å². The van der Waals surface area contributed by atoms with Gasteiger partial charge >= 0.3 is 5.97 Å². The van der Waals surface area contributed by atoms with E-state index in [-0.39, 0.29) is 11.3 Å². The van der Waals surface area contributed by atoms with Gasteiger partial charge < -0.3 is 10.4 Å². The van der Waals surface area contributed by atoms with Crippen molar-refractivity contribution in [3.63, 3.8) is 0 Å². The van der Waals surface area contributed by atoms with Gasteiger partial charge in [0, 0.05) is 5.41 Å². The molecule has 1 rings (SSSR count). The predicted molar refractivity (Wildman–Crippen MR) is 65.4 cm³/mol. The molecule has 1 atom stereocenters. The molecule has 0 aliphatic heterocycles. The molecule has 0 bridgehead atoms. The molecule has 0 saturated heterocycles. The standard InChI is InChI=1S/C11H16N2O3S/c1-6(10(15)16)13-9(14)7-8(11(2,3)4)12-5-17-7/h5-6H,1-4H3,(H,13,14)(H,15,16)/t6-/m1/s1. The molecule has 0 spiro atoms. The van der Waals surface area contributed by atoms with Crippen molar-refractivity contribution in [1.82, 2.24) is 10.3 Å². The minimum Gasteiger partial charge on any atom is -0.480 e. The van der Waals surface area contributed by atoms with Crippen LogP contribution in [0.3, 0.4) is 0 Å². The van der Waals surface area contributed by atoms with E-state index >= 15 is 0 Å². The predicted octanol–water partition coefficient (Wildman–Crippen LogP) is 1.64. The van der Waals surface area contributed by atoms with E-state index in [0.29, 0.717) is 10.6 Å². The molecule has 1 aromatic rings. The molecule has 94 valence electrons. The van der Waals surface area contributed by atoms with Crippen LogP contribution in [0.2, 0.25) is 0 Å². The summed E-state index contributed by atoms with van der Waals surface area (Å²) in [5.74, 6) is -1.44. The fraction of sp³-hybridized carbons (Fsp3) is 0.545. The van der Waals surface area contributed by atoms with Crippen molar-refractivity contribution in [3.05, 3.63) is 16.1 Å². The van der Waals surface area contributed by atoms with Crippen molar-refractivity contribution < 1.29 is 14.7 Å². The van der Waals surface area contributed by atoms with Crippen molar-refractivity contribution in [3.8, 4) is 0 Å². The first-order valence-corrected chi connectivity index (χ1v) is 6.09. The summed E-state index contributed by atoms with van der Waals surface area (Å²) in [7, 11) is 0. The van der Waals surface area contributed by atoms with Gasteiger partial charge in [-0.05, 0) is 6.92 Å². The van der Waals surface area contributed by atoms with Crippen LogP contribution in [-0.2, 0) is 10.2 Å². The lowest BCUT2D eigenvalue weighted by molar-refractivity contribution is -0.138. The number of nitrogens with one attached hydrogen (secondary N) is 1. The topological polar surface area (TPSA) is 79.3 Å². The molecule has 0 aromatic carbocycles. The molecule has 0 aliphatic carbocycles. The summed E-state index contributed by atoms with van der Waals surface area (Å²) in [6.07, 6.45) is 0. The molecule has 1 amide bonds. The summed E-state index contributed by atoms with van der Waals surface area (Å²) >= 11 is 1.22. The number of aliphatic carboxylic acids is 1. The maximum absolute atomic E-state index is 11.9. The van der Waals surface area contributed by atoms with Crippen LogP contribution < -0.4 is 5.32 Å². The number of nitrogens with zero attached hydrogens (tertiary/aromatic N) is 1. The highest BCUT2D eigenvalue weighted by molar-refractivity contribution is 7.11. The maximum Gasteiger partial charge on any atom is 0.325 e. The Kier molecular flexibility index (Phi) is 3.87. The lowest BCUT2D eigenvalue weighted by Crippen LogP contribution is -2.38. The lowest BCUT2D eigenvalue weighted by Gasteiger charge is -2.17. The Morgan fingerprint density at radius 1 is 1.47 bits per heavy atom. The average molecular weight is 256 g/mol. The van der Waals surface area contributed by atoms with E-state index in [2.05, 4.69) is 10.3 Å². The first-order chi connectivity index (χ1) is 7.73. The number of carboxylic acids is 1. The van der Waals surface area contributed by atoms with Gasteiger partial charge in [-0.2, -0.15) is 0 Å². The maximum atomic E-state index is 11.9. The first kappa shape index (κ1) is 13.6. The van der Waals surface area contributed by atoms with Crippen molar-refractivity contribution in [1.29, 1.82) is 0 Å². The SMILES string of the molecule is C[C@@H](NC(=O)c1scnc1C(C)(C)C)C(=O)O. The van der Waals surface area contributed by atoms with Crippen molar-refractivity contribution in [2.24, 2.45) is 0 Å². The molecule has 0 aliphatic rings. The zero-order chi connectivity index (χ0) is 13.2. The molecule has 17 heavy (non-hydrogen) atoms. The Bertz CT molecular complexity index is 434. The van der Waals surface area contributed by atoms with E-state index in [1.165, 1.54) is 18.3 Å². The highest BCUT2D eigenvalue weighted by Crippen LogP contribution is 2.26. The average Bonchev–Trinajstić information content (AvgIpc) is 2.64. The van der Waals surface area contributed by atoms with Gasteiger partial charge in [0.15, 0.2) is 0 Å². The van der Waals surface area contributed by atoms with E-state index in [4.69, 9.17) is 5.11 Å². The monoisotopic (exact) mass is 256 g/mol. The Balaban J connectivity index is 2.91. The Hall–Kier alpha value is -1.43. The quantitative estimate of drug-likeness (QED) is 0.861. The summed E-state index contributed by atoms with van der Waals surface area (Å²) in [5, 5.41) is 11.2. The number of hydrogen-bond acceptors (Lipinski definition) is 4. The van der Waals surface area contributed by atoms with Crippen LogP contribution in [0.25, 0.3) is 0 Å². The van der Waals surface area contributed by atoms with Gasteiger partial charge in [0.25, 0.3) is 5.91 Å². The fourth-order valence-electron chi connectivity index (χ4n) is 1.27. The second-order valence-corrected chi connectivity index (χ2v) is 5.67. The van der Waals surface area contributed by atoms with Gasteiger partial charge in [0.2, 0.25) is 0 Å². The van der Waals surface area contributed by atoms with Crippen LogP contribution >= 0.6 is 11.3 Å². The zero-order valence-corrected chi connectivity index (χ0v) is 11.1. The summed E-state index contributed by atoms with van der Waals surface area (Å²) in [4.78, 5) is 27.2. The Morgan fingerprint density at radius 3 is 2.53 bits per heavy atom. The third kappa shape index (κ3) is 3.26. The Labute approximate surface area is 104 Å². The van der Waals surface area contributed by atoms with Crippen molar-refractivity contribution in [2.45, 2.75) is 39.2 Å². The third-order valence-corrected chi connectivity index (χ3v) is 3.03. The molecule has 1 heterocycles. The van der Waals surface area contributed by atoms with Gasteiger partial charge in [-0.1, -0.05) is 20.8 Å². The first-order valence-electron chi connectivity index (χ1n) is 5.21. The Morgan fingerprint density at radius 2 is 2.06 bits per heavy atom. The summed E-state index contributed by atoms with van der Waals surface area (Å²) in [5.41, 5.74) is 2.05. The zero-order valence-electron chi connectivity index (χ0n) is 10.3. The summed E-state index contributed by atoms with van der Waals surface area (Å²) in [6.45, 7) is 7.30. The minimum atomic E-state index is -1.06. The van der Waals surface area contributed by atoms with E-state index < -0.39 is 12.0 Å². The molecule has 2 N–H and O–H groups in total. The van der Waals surface area contributed by atoms with E-state index in [9.17, 15) is 9.59 Å². The van der Waals surface area contributed by atoms with E-state index in [1.807, 2.05) is 20.8 Å². The third-order valence-electron chi connectivity index (χ3n) is 2.20. The molecule has 5 nitrogen and oxygen atoms in total. The van der Waals surface area contributed by atoms with E-state index in [1.54, 1.807) is 5.51 Å². The normalized spacial score (nSPS) is 13.2. The number of hydrogen-bond donors (Lipinski definition) is 2. The highest BCUT2D eigenvalue weighted by atomic mass is 32.1. The number of carbonyl (C=O) groups excluding carboxylic acids is 1. The van der Waals surface area contributed by atoms with Crippen LogP contribution in [0, 0.1) is 0 Å². The largest absolute Gasteiger partial charge is 0.480 e. The van der Waals surface area contributed by atoms with Gasteiger partial charge in [-0.15, -0.1) is 11.3 Å². The minimum absolute atomic E-state index is 0.237. The number of amides is 1. The highest BCUT2D eigenvalue weighted by Gasteiger charge is 2.26. The fourth-order valence-corrected chi connectivity index (χ4v) is 2.17. The van der Waals surface area contributed by atoms with E-state index in [0.717, 1.165) is 0 Å². The van der Waals surface area contributed by atoms with Crippen LogP contribution in [0.15, 0.2) is 5.51 Å². The van der Waals surface area contributed by atoms with Crippen molar-refractivity contribution in [2.75, 3.05) is 0 Å². The molecule has 0 radical (unpaired) electrons. The summed E-state index contributed by atoms with van der Waals surface area (Å²) < 4.78 is 0. The lowest BCUT2D eigenvalue weighted by atomic mass is 9.91. The van der Waals surface area contributed by atoms with Crippen molar-refractivity contribution >= 4 is 23.2 Å². The molecule has 0 fully saturated rings.